The lowest BCUT2D eigenvalue weighted by Crippen LogP contribution is -2.05. The van der Waals surface area contributed by atoms with Crippen LogP contribution in [0.1, 0.15) is 15.9 Å². The zero-order chi connectivity index (χ0) is 13.4. The van der Waals surface area contributed by atoms with Crippen LogP contribution in [0.2, 0.25) is 0 Å². The second-order valence-electron chi connectivity index (χ2n) is 3.75. The number of carboxylic acids is 1. The van der Waals surface area contributed by atoms with Crippen molar-refractivity contribution in [2.45, 2.75) is 0 Å². The van der Waals surface area contributed by atoms with Crippen molar-refractivity contribution in [2.75, 3.05) is 0 Å². The first-order chi connectivity index (χ1) is 9.20. The van der Waals surface area contributed by atoms with E-state index in [4.69, 9.17) is 6.42 Å². The van der Waals surface area contributed by atoms with Gasteiger partial charge in [-0.2, -0.15) is 5.10 Å². The molecule has 1 N–H and O–H groups in total. The van der Waals surface area contributed by atoms with Gasteiger partial charge in [0.15, 0.2) is 5.65 Å². The molecule has 0 atom stereocenters. The van der Waals surface area contributed by atoms with Crippen molar-refractivity contribution < 1.29 is 9.90 Å². The zero-order valence-corrected chi connectivity index (χ0v) is 10.4. The Kier molecular flexibility index (Phi) is 2.54. The van der Waals surface area contributed by atoms with Crippen LogP contribution in [0.4, 0.5) is 0 Å². The molecule has 19 heavy (non-hydrogen) atoms. The lowest BCUT2D eigenvalue weighted by atomic mass is 10.1. The molecule has 0 saturated heterocycles. The van der Waals surface area contributed by atoms with E-state index < -0.39 is 5.97 Å². The van der Waals surface area contributed by atoms with Crippen LogP contribution in [0.3, 0.4) is 0 Å². The minimum Gasteiger partial charge on any atom is -0.478 e. The topological polar surface area (TPSA) is 67.5 Å². The highest BCUT2D eigenvalue weighted by molar-refractivity contribution is 7.13. The van der Waals surface area contributed by atoms with Gasteiger partial charge in [-0.25, -0.2) is 14.3 Å². The van der Waals surface area contributed by atoms with Gasteiger partial charge in [0.25, 0.3) is 0 Å². The van der Waals surface area contributed by atoms with Gasteiger partial charge in [0.1, 0.15) is 11.3 Å². The Morgan fingerprint density at radius 1 is 1.47 bits per heavy atom. The van der Waals surface area contributed by atoms with Crippen LogP contribution >= 0.6 is 11.3 Å². The van der Waals surface area contributed by atoms with Crippen molar-refractivity contribution in [1.29, 1.82) is 0 Å². The summed E-state index contributed by atoms with van der Waals surface area (Å²) in [5, 5.41) is 15.1. The summed E-state index contributed by atoms with van der Waals surface area (Å²) < 4.78 is 1.43. The Balaban J connectivity index is 2.35. The predicted molar refractivity (Wildman–Crippen MR) is 71.2 cm³/mol. The maximum atomic E-state index is 11.4. The third kappa shape index (κ3) is 1.77. The molecule has 3 rings (SSSR count). The number of hydrogen-bond donors (Lipinski definition) is 1. The Morgan fingerprint density at radius 2 is 2.32 bits per heavy atom. The molecule has 92 valence electrons. The third-order valence-corrected chi connectivity index (χ3v) is 3.57. The number of aromatic nitrogens is 3. The fourth-order valence-electron chi connectivity index (χ4n) is 1.79. The highest BCUT2D eigenvalue weighted by Gasteiger charge is 2.18. The summed E-state index contributed by atoms with van der Waals surface area (Å²) in [6.07, 6.45) is 8.42. The standard InChI is InChI=1S/C13H7N3O2S/c1-2-8-4-6-19-12(8)11-9(13(17)18)7-16-10(15-11)3-5-14-16/h1,3-7H,(H,17,18). The zero-order valence-electron chi connectivity index (χ0n) is 9.57. The SMILES string of the molecule is C#Cc1ccsc1-c1nc2ccnn2cc1C(=O)O. The van der Waals surface area contributed by atoms with E-state index in [1.54, 1.807) is 18.3 Å². The summed E-state index contributed by atoms with van der Waals surface area (Å²) >= 11 is 1.37. The molecule has 5 nitrogen and oxygen atoms in total. The lowest BCUT2D eigenvalue weighted by Gasteiger charge is -2.05. The van der Waals surface area contributed by atoms with Crippen molar-refractivity contribution in [3.05, 3.63) is 41.0 Å². The summed E-state index contributed by atoms with van der Waals surface area (Å²) in [6, 6.07) is 3.48. The van der Waals surface area contributed by atoms with Gasteiger partial charge >= 0.3 is 5.97 Å². The molecule has 0 saturated carbocycles. The molecule has 0 radical (unpaired) electrons. The van der Waals surface area contributed by atoms with E-state index in [1.165, 1.54) is 22.0 Å². The fraction of sp³-hybridized carbons (Fsp3) is 0. The monoisotopic (exact) mass is 269 g/mol. The van der Waals surface area contributed by atoms with Crippen molar-refractivity contribution in [3.63, 3.8) is 0 Å². The van der Waals surface area contributed by atoms with Crippen molar-refractivity contribution in [2.24, 2.45) is 0 Å². The quantitative estimate of drug-likeness (QED) is 0.724. The van der Waals surface area contributed by atoms with Crippen LogP contribution in [0.15, 0.2) is 29.9 Å². The largest absolute Gasteiger partial charge is 0.478 e. The lowest BCUT2D eigenvalue weighted by molar-refractivity contribution is 0.0696. The van der Waals surface area contributed by atoms with E-state index in [9.17, 15) is 9.90 Å². The summed E-state index contributed by atoms with van der Waals surface area (Å²) in [5.74, 6) is 1.48. The van der Waals surface area contributed by atoms with Gasteiger partial charge in [-0.05, 0) is 11.4 Å². The molecular weight excluding hydrogens is 262 g/mol. The molecule has 3 heterocycles. The molecule has 0 unspecified atom stereocenters. The minimum atomic E-state index is -1.06. The minimum absolute atomic E-state index is 0.0788. The molecular formula is C13H7N3O2S. The Bertz CT molecular complexity index is 826. The maximum Gasteiger partial charge on any atom is 0.339 e. The molecule has 0 fully saturated rings. The molecule has 6 heteroatoms. The van der Waals surface area contributed by atoms with E-state index in [0.29, 0.717) is 21.8 Å². The van der Waals surface area contributed by atoms with Gasteiger partial charge in [-0.3, -0.25) is 0 Å². The maximum absolute atomic E-state index is 11.4. The van der Waals surface area contributed by atoms with Crippen LogP contribution in [0.25, 0.3) is 16.2 Å². The fourth-order valence-corrected chi connectivity index (χ4v) is 2.65. The average molecular weight is 269 g/mol. The van der Waals surface area contributed by atoms with E-state index in [2.05, 4.69) is 16.0 Å². The van der Waals surface area contributed by atoms with Crippen LogP contribution < -0.4 is 0 Å². The van der Waals surface area contributed by atoms with Crippen molar-refractivity contribution in [1.82, 2.24) is 14.6 Å². The second-order valence-corrected chi connectivity index (χ2v) is 4.67. The number of thiophene rings is 1. The van der Waals surface area contributed by atoms with Gasteiger partial charge in [0.05, 0.1) is 11.1 Å². The molecule has 0 aliphatic rings. The first-order valence-corrected chi connectivity index (χ1v) is 6.21. The second kappa shape index (κ2) is 4.23. The number of fused-ring (bicyclic) bond motifs is 1. The number of carboxylic acid groups (broad SMARTS) is 1. The number of aromatic carboxylic acids is 1. The normalized spacial score (nSPS) is 10.5. The molecule has 0 aliphatic carbocycles. The van der Waals surface area contributed by atoms with Gasteiger partial charge in [0.2, 0.25) is 0 Å². The Hall–Kier alpha value is -2.65. The number of carbonyl (C=O) groups is 1. The Labute approximate surface area is 112 Å². The van der Waals surface area contributed by atoms with Gasteiger partial charge in [-0.1, -0.05) is 5.92 Å². The summed E-state index contributed by atoms with van der Waals surface area (Å²) in [5.41, 5.74) is 1.68. The molecule has 0 aromatic carbocycles. The van der Waals surface area contributed by atoms with Crippen LogP contribution in [-0.2, 0) is 0 Å². The molecule has 0 bridgehead atoms. The predicted octanol–water partition coefficient (Wildman–Crippen LogP) is 2.14. The molecule has 3 aromatic rings. The first-order valence-electron chi connectivity index (χ1n) is 5.33. The third-order valence-electron chi connectivity index (χ3n) is 2.65. The van der Waals surface area contributed by atoms with E-state index in [0.717, 1.165) is 0 Å². The highest BCUT2D eigenvalue weighted by Crippen LogP contribution is 2.30. The Morgan fingerprint density at radius 3 is 3.05 bits per heavy atom. The van der Waals surface area contributed by atoms with Gasteiger partial charge < -0.3 is 5.11 Å². The van der Waals surface area contributed by atoms with Crippen molar-refractivity contribution >= 4 is 23.0 Å². The summed E-state index contributed by atoms with van der Waals surface area (Å²) in [6.45, 7) is 0. The molecule has 0 amide bonds. The summed E-state index contributed by atoms with van der Waals surface area (Å²) in [4.78, 5) is 16.4. The molecule has 3 aromatic heterocycles. The van der Waals surface area contributed by atoms with E-state index >= 15 is 0 Å². The van der Waals surface area contributed by atoms with Crippen LogP contribution in [0.5, 0.6) is 0 Å². The number of terminal acetylenes is 1. The highest BCUT2D eigenvalue weighted by atomic mass is 32.1. The average Bonchev–Trinajstić information content (AvgIpc) is 3.04. The number of nitrogens with zero attached hydrogens (tertiary/aromatic N) is 3. The van der Waals surface area contributed by atoms with Crippen LogP contribution in [-0.4, -0.2) is 25.7 Å². The number of rotatable bonds is 2. The first kappa shape index (κ1) is 11.4. The van der Waals surface area contributed by atoms with Gasteiger partial charge in [0, 0.05) is 17.8 Å². The van der Waals surface area contributed by atoms with Gasteiger partial charge in [-0.15, -0.1) is 17.8 Å². The molecule has 0 aliphatic heterocycles. The summed E-state index contributed by atoms with van der Waals surface area (Å²) in [7, 11) is 0. The molecule has 0 spiro atoms. The number of hydrogen-bond acceptors (Lipinski definition) is 4. The van der Waals surface area contributed by atoms with E-state index in [1.807, 2.05) is 5.38 Å². The van der Waals surface area contributed by atoms with E-state index in [-0.39, 0.29) is 5.56 Å². The van der Waals surface area contributed by atoms with Crippen molar-refractivity contribution in [3.8, 4) is 22.9 Å². The van der Waals surface area contributed by atoms with Crippen LogP contribution in [0, 0.1) is 12.3 Å². The smallest absolute Gasteiger partial charge is 0.339 e.